The van der Waals surface area contributed by atoms with Crippen molar-refractivity contribution in [1.29, 1.82) is 0 Å². The SMILES string of the molecule is O=C(NCc1cc(C2CC2)n[nH]1)N1CCC[C@H]1c1nc2ccccc2[nH]1. The number of fused-ring (bicyclic) bond motifs is 1. The Hall–Kier alpha value is -2.83. The van der Waals surface area contributed by atoms with Gasteiger partial charge in [0.1, 0.15) is 5.82 Å². The number of carbonyl (C=O) groups is 1. The molecule has 1 aliphatic carbocycles. The van der Waals surface area contributed by atoms with Gasteiger partial charge in [-0.05, 0) is 43.9 Å². The number of benzene rings is 1. The Balaban J connectivity index is 1.27. The van der Waals surface area contributed by atoms with Crippen molar-refractivity contribution in [3.05, 3.63) is 47.5 Å². The van der Waals surface area contributed by atoms with E-state index in [1.54, 1.807) is 0 Å². The van der Waals surface area contributed by atoms with E-state index in [0.717, 1.165) is 47.6 Å². The number of carbonyl (C=O) groups excluding carboxylic acids is 1. The van der Waals surface area contributed by atoms with Crippen LogP contribution in [0, 0.1) is 0 Å². The van der Waals surface area contributed by atoms with Gasteiger partial charge in [0.2, 0.25) is 0 Å². The van der Waals surface area contributed by atoms with Crippen LogP contribution in [0.15, 0.2) is 30.3 Å². The predicted octanol–water partition coefficient (Wildman–Crippen LogP) is 3.21. The average molecular weight is 350 g/mol. The first-order valence-electron chi connectivity index (χ1n) is 9.31. The molecule has 2 aliphatic rings. The summed E-state index contributed by atoms with van der Waals surface area (Å²) in [7, 11) is 0. The maximum Gasteiger partial charge on any atom is 0.318 e. The summed E-state index contributed by atoms with van der Waals surface area (Å²) in [5, 5.41) is 10.4. The molecule has 1 aliphatic heterocycles. The van der Waals surface area contributed by atoms with Gasteiger partial charge >= 0.3 is 6.03 Å². The molecular formula is C19H22N6O. The molecule has 7 heteroatoms. The van der Waals surface area contributed by atoms with Gasteiger partial charge in [-0.1, -0.05) is 12.1 Å². The molecule has 3 N–H and O–H groups in total. The number of imidazole rings is 1. The van der Waals surface area contributed by atoms with Crippen LogP contribution < -0.4 is 5.32 Å². The van der Waals surface area contributed by atoms with Crippen molar-refractivity contribution in [1.82, 2.24) is 30.4 Å². The van der Waals surface area contributed by atoms with Gasteiger partial charge in [0.25, 0.3) is 0 Å². The van der Waals surface area contributed by atoms with Crippen LogP contribution in [0.2, 0.25) is 0 Å². The summed E-state index contributed by atoms with van der Waals surface area (Å²) < 4.78 is 0. The minimum atomic E-state index is -0.0458. The lowest BCUT2D eigenvalue weighted by Gasteiger charge is -2.23. The number of aromatic amines is 2. The monoisotopic (exact) mass is 350 g/mol. The average Bonchev–Trinajstić information content (AvgIpc) is 3.09. The summed E-state index contributed by atoms with van der Waals surface area (Å²) in [5.74, 6) is 1.49. The number of hydrogen-bond donors (Lipinski definition) is 3. The third-order valence-electron chi connectivity index (χ3n) is 5.31. The topological polar surface area (TPSA) is 89.7 Å². The van der Waals surface area contributed by atoms with E-state index in [0.29, 0.717) is 12.5 Å². The molecule has 1 saturated carbocycles. The molecule has 1 atom stereocenters. The van der Waals surface area contributed by atoms with E-state index in [-0.39, 0.29) is 12.1 Å². The number of nitrogens with one attached hydrogen (secondary N) is 3. The van der Waals surface area contributed by atoms with Crippen LogP contribution >= 0.6 is 0 Å². The van der Waals surface area contributed by atoms with E-state index in [4.69, 9.17) is 0 Å². The predicted molar refractivity (Wildman–Crippen MR) is 97.6 cm³/mol. The van der Waals surface area contributed by atoms with Crippen LogP contribution in [0.3, 0.4) is 0 Å². The lowest BCUT2D eigenvalue weighted by molar-refractivity contribution is 0.190. The molecule has 26 heavy (non-hydrogen) atoms. The van der Waals surface area contributed by atoms with Gasteiger partial charge in [0.05, 0.1) is 35.0 Å². The summed E-state index contributed by atoms with van der Waals surface area (Å²) in [6.07, 6.45) is 4.38. The van der Waals surface area contributed by atoms with E-state index < -0.39 is 0 Å². The highest BCUT2D eigenvalue weighted by atomic mass is 16.2. The first-order chi connectivity index (χ1) is 12.8. The van der Waals surface area contributed by atoms with Gasteiger partial charge in [-0.15, -0.1) is 0 Å². The van der Waals surface area contributed by atoms with Crippen LogP contribution in [-0.4, -0.2) is 37.6 Å². The number of H-pyrrole nitrogens is 2. The molecule has 2 amide bonds. The number of hydrogen-bond acceptors (Lipinski definition) is 3. The van der Waals surface area contributed by atoms with Crippen molar-refractivity contribution in [3.8, 4) is 0 Å². The normalized spacial score (nSPS) is 20.0. The smallest absolute Gasteiger partial charge is 0.318 e. The Labute approximate surface area is 151 Å². The van der Waals surface area contributed by atoms with E-state index in [2.05, 4.69) is 31.5 Å². The molecule has 2 fully saturated rings. The van der Waals surface area contributed by atoms with E-state index >= 15 is 0 Å². The van der Waals surface area contributed by atoms with E-state index in [1.165, 1.54) is 12.8 Å². The Morgan fingerprint density at radius 2 is 2.15 bits per heavy atom. The Bertz CT molecular complexity index is 907. The van der Waals surface area contributed by atoms with Gasteiger partial charge in [-0.2, -0.15) is 5.10 Å². The number of likely N-dealkylation sites (tertiary alicyclic amines) is 1. The maximum absolute atomic E-state index is 12.7. The Morgan fingerprint density at radius 3 is 3.00 bits per heavy atom. The van der Waals surface area contributed by atoms with E-state index in [9.17, 15) is 4.79 Å². The molecule has 2 aromatic heterocycles. The highest BCUT2D eigenvalue weighted by molar-refractivity contribution is 5.76. The molecular weight excluding hydrogens is 328 g/mol. The number of amides is 2. The molecule has 134 valence electrons. The zero-order valence-electron chi connectivity index (χ0n) is 14.5. The van der Waals surface area contributed by atoms with Gasteiger partial charge in [0, 0.05) is 12.5 Å². The highest BCUT2D eigenvalue weighted by Gasteiger charge is 2.32. The number of nitrogens with zero attached hydrogens (tertiary/aromatic N) is 3. The first kappa shape index (κ1) is 15.4. The minimum absolute atomic E-state index is 0.00573. The standard InChI is InChI=1S/C19H22N6O/c26-19(20-11-13-10-16(24-23-13)12-7-8-12)25-9-3-6-17(25)18-21-14-4-1-2-5-15(14)22-18/h1-2,4-5,10,12,17H,3,6-9,11H2,(H,20,26)(H,21,22)(H,23,24)/t17-/m0/s1. The van der Waals surface area contributed by atoms with Gasteiger partial charge < -0.3 is 15.2 Å². The zero-order valence-corrected chi connectivity index (χ0v) is 14.5. The van der Waals surface area contributed by atoms with Crippen molar-refractivity contribution in [2.75, 3.05) is 6.54 Å². The van der Waals surface area contributed by atoms with Crippen molar-refractivity contribution >= 4 is 17.1 Å². The molecule has 0 spiro atoms. The second-order valence-corrected chi connectivity index (χ2v) is 7.24. The molecule has 0 bridgehead atoms. The molecule has 7 nitrogen and oxygen atoms in total. The van der Waals surface area contributed by atoms with Crippen molar-refractivity contribution < 1.29 is 4.79 Å². The van der Waals surface area contributed by atoms with Crippen molar-refractivity contribution in [2.45, 2.75) is 44.2 Å². The second-order valence-electron chi connectivity index (χ2n) is 7.24. The first-order valence-corrected chi connectivity index (χ1v) is 9.31. The number of para-hydroxylation sites is 2. The van der Waals surface area contributed by atoms with Crippen LogP contribution in [0.1, 0.15) is 54.9 Å². The highest BCUT2D eigenvalue weighted by Crippen LogP contribution is 2.39. The Morgan fingerprint density at radius 1 is 1.27 bits per heavy atom. The molecule has 3 aromatic rings. The minimum Gasteiger partial charge on any atom is -0.340 e. The summed E-state index contributed by atoms with van der Waals surface area (Å²) in [6.45, 7) is 1.23. The Kier molecular flexibility index (Phi) is 3.65. The lowest BCUT2D eigenvalue weighted by Crippen LogP contribution is -2.39. The third kappa shape index (κ3) is 2.83. The fraction of sp³-hybridized carbons (Fsp3) is 0.421. The van der Waals surface area contributed by atoms with Crippen molar-refractivity contribution in [2.24, 2.45) is 0 Å². The summed E-state index contributed by atoms with van der Waals surface area (Å²) in [6, 6.07) is 10.0. The van der Waals surface area contributed by atoms with E-state index in [1.807, 2.05) is 29.2 Å². The zero-order chi connectivity index (χ0) is 17.5. The maximum atomic E-state index is 12.7. The lowest BCUT2D eigenvalue weighted by atomic mass is 10.2. The third-order valence-corrected chi connectivity index (χ3v) is 5.31. The largest absolute Gasteiger partial charge is 0.340 e. The molecule has 5 rings (SSSR count). The molecule has 3 heterocycles. The molecule has 0 radical (unpaired) electrons. The number of urea groups is 1. The number of rotatable bonds is 4. The number of aromatic nitrogens is 4. The second kappa shape index (κ2) is 6.16. The van der Waals surface area contributed by atoms with Crippen LogP contribution in [0.5, 0.6) is 0 Å². The van der Waals surface area contributed by atoms with Crippen LogP contribution in [0.4, 0.5) is 4.79 Å². The van der Waals surface area contributed by atoms with Crippen molar-refractivity contribution in [3.63, 3.8) is 0 Å². The summed E-state index contributed by atoms with van der Waals surface area (Å²) in [4.78, 5) is 22.6. The van der Waals surface area contributed by atoms with Gasteiger partial charge in [0.15, 0.2) is 0 Å². The van der Waals surface area contributed by atoms with Gasteiger partial charge in [-0.3, -0.25) is 5.10 Å². The molecule has 0 unspecified atom stereocenters. The summed E-state index contributed by atoms with van der Waals surface area (Å²) >= 11 is 0. The van der Waals surface area contributed by atoms with Gasteiger partial charge in [-0.25, -0.2) is 9.78 Å². The quantitative estimate of drug-likeness (QED) is 0.675. The molecule has 1 aromatic carbocycles. The summed E-state index contributed by atoms with van der Waals surface area (Å²) in [5.41, 5.74) is 4.04. The van der Waals surface area contributed by atoms with Crippen LogP contribution in [0.25, 0.3) is 11.0 Å². The fourth-order valence-electron chi connectivity index (χ4n) is 3.76. The molecule has 1 saturated heterocycles. The van der Waals surface area contributed by atoms with Crippen LogP contribution in [-0.2, 0) is 6.54 Å². The fourth-order valence-corrected chi connectivity index (χ4v) is 3.76.